The van der Waals surface area contributed by atoms with Crippen LogP contribution in [0.4, 0.5) is 26.3 Å². The van der Waals surface area contributed by atoms with E-state index >= 15 is 0 Å². The number of hydrogen-bond acceptors (Lipinski definition) is 4. The van der Waals surface area contributed by atoms with Crippen molar-refractivity contribution in [2.45, 2.75) is 119 Å². The topological polar surface area (TPSA) is 77.5 Å². The summed E-state index contributed by atoms with van der Waals surface area (Å²) in [6.45, 7) is 0. The van der Waals surface area contributed by atoms with E-state index in [0.29, 0.717) is 19.3 Å². The quantitative estimate of drug-likeness (QED) is 0.176. The highest BCUT2D eigenvalue weighted by Crippen LogP contribution is 2.39. The van der Waals surface area contributed by atoms with Crippen LogP contribution in [0.2, 0.25) is 0 Å². The first-order valence-corrected chi connectivity index (χ1v) is 13.7. The standard InChI is InChI=1S/C24H36ClF6N5O/c25-18-10-15(26)5-6-19(18)32-23(34-22(37)12-1-3-14(4-2-12)24(29,30)31)33-21-11-20(35-36-21)13-7-16(27)9-17(28)8-13/h12-21,35-36H,1-11H2,(H2,32,33,34,37). The number of aliphatic imine (C=N–C) groups is 1. The first-order valence-electron chi connectivity index (χ1n) is 13.3. The summed E-state index contributed by atoms with van der Waals surface area (Å²) in [5.74, 6) is -2.48. The van der Waals surface area contributed by atoms with Crippen LogP contribution in [-0.2, 0) is 4.79 Å². The lowest BCUT2D eigenvalue weighted by Crippen LogP contribution is -2.53. The van der Waals surface area contributed by atoms with Crippen LogP contribution in [0.1, 0.15) is 70.6 Å². The molecule has 1 aliphatic heterocycles. The fourth-order valence-electron chi connectivity index (χ4n) is 6.08. The maximum Gasteiger partial charge on any atom is 0.391 e. The second-order valence-corrected chi connectivity index (χ2v) is 11.6. The number of nitrogens with one attached hydrogen (secondary N) is 4. The third-order valence-corrected chi connectivity index (χ3v) is 8.71. The summed E-state index contributed by atoms with van der Waals surface area (Å²) in [6, 6.07) is -0.556. The predicted molar refractivity (Wildman–Crippen MR) is 128 cm³/mol. The van der Waals surface area contributed by atoms with Gasteiger partial charge in [0.05, 0.1) is 11.3 Å². The molecule has 6 nitrogen and oxygen atoms in total. The van der Waals surface area contributed by atoms with Crippen molar-refractivity contribution in [3.05, 3.63) is 0 Å². The molecule has 0 radical (unpaired) electrons. The highest BCUT2D eigenvalue weighted by Gasteiger charge is 2.43. The molecule has 4 aliphatic rings. The van der Waals surface area contributed by atoms with Gasteiger partial charge in [0.1, 0.15) is 24.7 Å². The number of nitrogens with zero attached hydrogens (tertiary/aromatic N) is 1. The number of halogens is 7. The summed E-state index contributed by atoms with van der Waals surface area (Å²) >= 11 is 6.36. The smallest absolute Gasteiger partial charge is 0.352 e. The SMILES string of the molecule is O=C(N/C(=N\C1CC(C2CC(F)CC(F)C2)NN1)NC1CCC(F)CC1Cl)C1CCC(C(F)(F)F)CC1. The molecule has 4 fully saturated rings. The summed E-state index contributed by atoms with van der Waals surface area (Å²) in [4.78, 5) is 17.5. The van der Waals surface area contributed by atoms with E-state index in [4.69, 9.17) is 11.6 Å². The molecule has 1 amide bonds. The van der Waals surface area contributed by atoms with E-state index in [1.54, 1.807) is 0 Å². The second-order valence-electron chi connectivity index (χ2n) is 11.0. The molecule has 13 heteroatoms. The zero-order valence-electron chi connectivity index (χ0n) is 20.6. The molecule has 7 unspecified atom stereocenters. The summed E-state index contributed by atoms with van der Waals surface area (Å²) in [7, 11) is 0. The van der Waals surface area contributed by atoms with Gasteiger partial charge in [-0.3, -0.25) is 15.5 Å². The zero-order valence-corrected chi connectivity index (χ0v) is 21.3. The molecule has 3 saturated carbocycles. The molecule has 0 spiro atoms. The van der Waals surface area contributed by atoms with Crippen molar-refractivity contribution < 1.29 is 31.1 Å². The van der Waals surface area contributed by atoms with Gasteiger partial charge in [0.15, 0.2) is 5.96 Å². The average Bonchev–Trinajstić information content (AvgIpc) is 3.28. The van der Waals surface area contributed by atoms with Crippen LogP contribution in [0.5, 0.6) is 0 Å². The molecule has 7 atom stereocenters. The fraction of sp³-hybridized carbons (Fsp3) is 0.917. The van der Waals surface area contributed by atoms with E-state index in [0.717, 1.165) is 0 Å². The Balaban J connectivity index is 1.40. The van der Waals surface area contributed by atoms with Crippen LogP contribution in [0, 0.1) is 17.8 Å². The van der Waals surface area contributed by atoms with E-state index in [-0.39, 0.29) is 75.3 Å². The van der Waals surface area contributed by atoms with Crippen LogP contribution < -0.4 is 21.5 Å². The summed E-state index contributed by atoms with van der Waals surface area (Å²) in [5, 5.41) is 5.32. The lowest BCUT2D eigenvalue weighted by atomic mass is 9.81. The largest absolute Gasteiger partial charge is 0.391 e. The fourth-order valence-corrected chi connectivity index (χ4v) is 6.46. The lowest BCUT2D eigenvalue weighted by molar-refractivity contribution is -0.184. The Morgan fingerprint density at radius 2 is 1.51 bits per heavy atom. The van der Waals surface area contributed by atoms with Gasteiger partial charge < -0.3 is 5.32 Å². The predicted octanol–water partition coefficient (Wildman–Crippen LogP) is 4.58. The molecule has 0 aromatic heterocycles. The first-order chi connectivity index (χ1) is 17.5. The van der Waals surface area contributed by atoms with E-state index in [9.17, 15) is 31.1 Å². The van der Waals surface area contributed by atoms with Crippen molar-refractivity contribution in [3.8, 4) is 0 Å². The summed E-state index contributed by atoms with van der Waals surface area (Å²) < 4.78 is 80.6. The van der Waals surface area contributed by atoms with E-state index in [1.165, 1.54) is 0 Å². The van der Waals surface area contributed by atoms with Crippen LogP contribution in [0.3, 0.4) is 0 Å². The van der Waals surface area contributed by atoms with Crippen LogP contribution in [0.15, 0.2) is 4.99 Å². The number of hydrazine groups is 1. The van der Waals surface area contributed by atoms with Crippen LogP contribution in [0.25, 0.3) is 0 Å². The Morgan fingerprint density at radius 3 is 2.14 bits per heavy atom. The molecule has 1 saturated heterocycles. The minimum atomic E-state index is -4.26. The summed E-state index contributed by atoms with van der Waals surface area (Å²) in [6.07, 6.45) is -6.34. The van der Waals surface area contributed by atoms with E-state index in [1.807, 2.05) is 0 Å². The minimum absolute atomic E-state index is 0.0794. The van der Waals surface area contributed by atoms with Crippen molar-refractivity contribution in [2.24, 2.45) is 22.7 Å². The van der Waals surface area contributed by atoms with Crippen molar-refractivity contribution in [1.82, 2.24) is 21.5 Å². The van der Waals surface area contributed by atoms with E-state index in [2.05, 4.69) is 26.5 Å². The molecule has 0 aromatic carbocycles. The Labute approximate surface area is 218 Å². The maximum atomic E-state index is 13.9. The molecule has 4 N–H and O–H groups in total. The molecule has 37 heavy (non-hydrogen) atoms. The van der Waals surface area contributed by atoms with Gasteiger partial charge in [-0.2, -0.15) is 13.2 Å². The van der Waals surface area contributed by atoms with Gasteiger partial charge in [0.2, 0.25) is 5.91 Å². The number of carbonyl (C=O) groups excluding carboxylic acids is 1. The Kier molecular flexibility index (Phi) is 9.53. The Bertz CT molecular complexity index is 801. The van der Waals surface area contributed by atoms with Gasteiger partial charge in [0, 0.05) is 30.8 Å². The number of alkyl halides is 7. The van der Waals surface area contributed by atoms with Crippen LogP contribution >= 0.6 is 11.6 Å². The van der Waals surface area contributed by atoms with E-state index < -0.39 is 54.0 Å². The van der Waals surface area contributed by atoms with Crippen molar-refractivity contribution in [1.29, 1.82) is 0 Å². The van der Waals surface area contributed by atoms with Gasteiger partial charge in [-0.1, -0.05) is 0 Å². The third kappa shape index (κ3) is 7.88. The highest BCUT2D eigenvalue weighted by molar-refractivity contribution is 6.21. The van der Waals surface area contributed by atoms with Crippen molar-refractivity contribution in [2.75, 3.05) is 0 Å². The second kappa shape index (κ2) is 12.3. The van der Waals surface area contributed by atoms with Gasteiger partial charge in [-0.25, -0.2) is 23.6 Å². The molecule has 0 aromatic rings. The lowest BCUT2D eigenvalue weighted by Gasteiger charge is -2.32. The van der Waals surface area contributed by atoms with Gasteiger partial charge >= 0.3 is 6.18 Å². The maximum absolute atomic E-state index is 13.9. The first kappa shape index (κ1) is 28.7. The van der Waals surface area contributed by atoms with Crippen LogP contribution in [-0.4, -0.2) is 60.2 Å². The van der Waals surface area contributed by atoms with Crippen molar-refractivity contribution in [3.63, 3.8) is 0 Å². The number of carbonyl (C=O) groups is 1. The molecular weight excluding hydrogens is 524 g/mol. The molecule has 212 valence electrons. The third-order valence-electron chi connectivity index (χ3n) is 8.23. The Hall–Kier alpha value is -1.27. The van der Waals surface area contributed by atoms with Gasteiger partial charge in [-0.05, 0) is 63.7 Å². The monoisotopic (exact) mass is 559 g/mol. The number of rotatable bonds is 4. The summed E-state index contributed by atoms with van der Waals surface area (Å²) in [5.41, 5.74) is 6.07. The normalized spacial score (nSPS) is 41.9. The van der Waals surface area contributed by atoms with Gasteiger partial charge in [-0.15, -0.1) is 11.6 Å². The number of amides is 1. The molecule has 1 heterocycles. The van der Waals surface area contributed by atoms with Crippen molar-refractivity contribution >= 4 is 23.5 Å². The average molecular weight is 560 g/mol. The molecule has 4 rings (SSSR count). The zero-order chi connectivity index (χ0) is 26.7. The molecular formula is C24H36ClF6N5O. The minimum Gasteiger partial charge on any atom is -0.352 e. The number of hydrogen-bond donors (Lipinski definition) is 4. The highest BCUT2D eigenvalue weighted by atomic mass is 35.5. The van der Waals surface area contributed by atoms with Gasteiger partial charge in [0.25, 0.3) is 0 Å². The molecule has 0 bridgehead atoms. The number of guanidine groups is 1. The molecule has 3 aliphatic carbocycles. The Morgan fingerprint density at radius 1 is 0.838 bits per heavy atom.